The van der Waals surface area contributed by atoms with Crippen molar-refractivity contribution in [1.82, 2.24) is 9.78 Å². The van der Waals surface area contributed by atoms with E-state index in [0.29, 0.717) is 12.4 Å². The van der Waals surface area contributed by atoms with E-state index < -0.39 is 11.7 Å². The number of hydrogen-bond donors (Lipinski definition) is 1. The Kier molecular flexibility index (Phi) is 4.06. The topological polar surface area (TPSA) is 29.9 Å². The number of anilines is 1. The molecule has 0 spiro atoms. The standard InChI is InChI=1S/C22H15ClF3N3/c23-18-9-8-14(22(24,25)26)12-19(18)29-21-17(10-11-27-21)20(28-29)16-7-3-5-13-4-1-2-6-15(13)16/h1-9,12,27H,10-11H2. The van der Waals surface area contributed by atoms with Gasteiger partial charge in [-0.15, -0.1) is 0 Å². The summed E-state index contributed by atoms with van der Waals surface area (Å²) in [5.41, 5.74) is 2.14. The Labute approximate surface area is 169 Å². The number of fused-ring (bicyclic) bond motifs is 2. The van der Waals surface area contributed by atoms with Crippen molar-refractivity contribution in [2.45, 2.75) is 12.6 Å². The first-order valence-corrected chi connectivity index (χ1v) is 9.52. The van der Waals surface area contributed by atoms with E-state index in [1.54, 1.807) is 0 Å². The summed E-state index contributed by atoms with van der Waals surface area (Å²) in [6.07, 6.45) is -3.72. The lowest BCUT2D eigenvalue weighted by atomic mass is 9.99. The molecule has 0 bridgehead atoms. The van der Waals surface area contributed by atoms with Gasteiger partial charge < -0.3 is 5.32 Å². The Morgan fingerprint density at radius 1 is 1.00 bits per heavy atom. The Bertz CT molecular complexity index is 1240. The van der Waals surface area contributed by atoms with E-state index in [1.165, 1.54) is 10.7 Å². The van der Waals surface area contributed by atoms with Crippen molar-refractivity contribution >= 4 is 28.2 Å². The van der Waals surface area contributed by atoms with Gasteiger partial charge in [0.25, 0.3) is 0 Å². The number of aromatic nitrogens is 2. The summed E-state index contributed by atoms with van der Waals surface area (Å²) < 4.78 is 41.2. The van der Waals surface area contributed by atoms with Gasteiger partial charge in [0.05, 0.1) is 22.0 Å². The molecule has 3 nitrogen and oxygen atoms in total. The van der Waals surface area contributed by atoms with E-state index in [-0.39, 0.29) is 10.7 Å². The van der Waals surface area contributed by atoms with Crippen LogP contribution < -0.4 is 5.32 Å². The van der Waals surface area contributed by atoms with Crippen LogP contribution in [-0.4, -0.2) is 16.3 Å². The van der Waals surface area contributed by atoms with Gasteiger partial charge in [0, 0.05) is 17.7 Å². The number of nitrogens with zero attached hydrogens (tertiary/aromatic N) is 2. The normalized spacial score (nSPS) is 13.5. The van der Waals surface area contributed by atoms with Gasteiger partial charge in [0.1, 0.15) is 5.82 Å². The smallest absolute Gasteiger partial charge is 0.369 e. The van der Waals surface area contributed by atoms with Gasteiger partial charge >= 0.3 is 6.18 Å². The molecule has 0 saturated heterocycles. The summed E-state index contributed by atoms with van der Waals surface area (Å²) in [6, 6.07) is 17.2. The number of rotatable bonds is 2. The molecule has 146 valence electrons. The first-order valence-electron chi connectivity index (χ1n) is 9.14. The average molecular weight is 414 g/mol. The molecule has 0 aliphatic carbocycles. The van der Waals surface area contributed by atoms with Crippen LogP contribution >= 0.6 is 11.6 Å². The summed E-state index contributed by atoms with van der Waals surface area (Å²) in [4.78, 5) is 0. The minimum absolute atomic E-state index is 0.207. The molecule has 0 saturated carbocycles. The van der Waals surface area contributed by atoms with Gasteiger partial charge in [0.2, 0.25) is 0 Å². The molecule has 3 aromatic carbocycles. The van der Waals surface area contributed by atoms with Crippen molar-refractivity contribution in [3.8, 4) is 16.9 Å². The SMILES string of the molecule is FC(F)(F)c1ccc(Cl)c(-n2nc(-c3cccc4ccccc34)c3c2NCC3)c1. The molecule has 0 radical (unpaired) electrons. The molecule has 5 rings (SSSR count). The van der Waals surface area contributed by atoms with Crippen molar-refractivity contribution in [2.24, 2.45) is 0 Å². The van der Waals surface area contributed by atoms with Crippen molar-refractivity contribution in [3.63, 3.8) is 0 Å². The minimum atomic E-state index is -4.46. The number of alkyl halides is 3. The number of hydrogen-bond acceptors (Lipinski definition) is 2. The molecule has 1 N–H and O–H groups in total. The van der Waals surface area contributed by atoms with Gasteiger partial charge in [-0.1, -0.05) is 54.1 Å². The van der Waals surface area contributed by atoms with Crippen LogP contribution in [0.2, 0.25) is 5.02 Å². The molecule has 7 heteroatoms. The molecule has 0 amide bonds. The molecule has 0 fully saturated rings. The molecule has 0 atom stereocenters. The summed E-state index contributed by atoms with van der Waals surface area (Å²) in [6.45, 7) is 0.696. The first kappa shape index (κ1) is 18.1. The summed E-state index contributed by atoms with van der Waals surface area (Å²) in [5.74, 6) is 0.689. The van der Waals surface area contributed by atoms with Gasteiger partial charge in [-0.25, -0.2) is 4.68 Å². The number of nitrogens with one attached hydrogen (secondary N) is 1. The second-order valence-electron chi connectivity index (χ2n) is 6.96. The van der Waals surface area contributed by atoms with E-state index in [4.69, 9.17) is 16.7 Å². The zero-order chi connectivity index (χ0) is 20.2. The van der Waals surface area contributed by atoms with Gasteiger partial charge in [-0.2, -0.15) is 18.3 Å². The molecule has 1 aliphatic heterocycles. The van der Waals surface area contributed by atoms with Gasteiger partial charge in [0.15, 0.2) is 0 Å². The Morgan fingerprint density at radius 2 is 1.79 bits per heavy atom. The highest BCUT2D eigenvalue weighted by Crippen LogP contribution is 2.40. The fourth-order valence-corrected chi connectivity index (χ4v) is 4.05. The molecule has 1 aliphatic rings. The third-order valence-electron chi connectivity index (χ3n) is 5.20. The molecule has 2 heterocycles. The Morgan fingerprint density at radius 3 is 2.62 bits per heavy atom. The van der Waals surface area contributed by atoms with Crippen molar-refractivity contribution in [3.05, 3.63) is 76.8 Å². The molecular formula is C22H15ClF3N3. The molecule has 4 aromatic rings. The summed E-state index contributed by atoms with van der Waals surface area (Å²) in [7, 11) is 0. The number of halogens is 4. The molecule has 0 unspecified atom stereocenters. The van der Waals surface area contributed by atoms with Crippen molar-refractivity contribution < 1.29 is 13.2 Å². The highest BCUT2D eigenvalue weighted by Gasteiger charge is 2.32. The lowest BCUT2D eigenvalue weighted by Gasteiger charge is -2.12. The highest BCUT2D eigenvalue weighted by atomic mass is 35.5. The van der Waals surface area contributed by atoms with E-state index in [0.717, 1.165) is 46.1 Å². The van der Waals surface area contributed by atoms with Crippen LogP contribution in [-0.2, 0) is 12.6 Å². The molecular weight excluding hydrogens is 399 g/mol. The zero-order valence-electron chi connectivity index (χ0n) is 15.1. The Balaban J connectivity index is 1.75. The van der Waals surface area contributed by atoms with Gasteiger partial charge in [-0.05, 0) is 35.4 Å². The predicted octanol–water partition coefficient (Wildman–Crippen LogP) is 6.33. The monoisotopic (exact) mass is 413 g/mol. The van der Waals surface area contributed by atoms with E-state index in [9.17, 15) is 13.2 Å². The van der Waals surface area contributed by atoms with Crippen LogP contribution in [0.15, 0.2) is 60.7 Å². The minimum Gasteiger partial charge on any atom is -0.369 e. The highest BCUT2D eigenvalue weighted by molar-refractivity contribution is 6.32. The fraction of sp³-hybridized carbons (Fsp3) is 0.136. The maximum absolute atomic E-state index is 13.2. The zero-order valence-corrected chi connectivity index (χ0v) is 15.8. The number of benzene rings is 3. The van der Waals surface area contributed by atoms with E-state index in [2.05, 4.69) is 5.32 Å². The quantitative estimate of drug-likeness (QED) is 0.416. The van der Waals surface area contributed by atoms with Crippen molar-refractivity contribution in [2.75, 3.05) is 11.9 Å². The molecule has 29 heavy (non-hydrogen) atoms. The first-order chi connectivity index (χ1) is 13.9. The Hall–Kier alpha value is -2.99. The summed E-state index contributed by atoms with van der Waals surface area (Å²) in [5, 5.41) is 10.3. The fourth-order valence-electron chi connectivity index (χ4n) is 3.85. The van der Waals surface area contributed by atoms with Crippen LogP contribution in [0.1, 0.15) is 11.1 Å². The van der Waals surface area contributed by atoms with Crippen LogP contribution in [0.3, 0.4) is 0 Å². The van der Waals surface area contributed by atoms with Crippen LogP contribution in [0.5, 0.6) is 0 Å². The second-order valence-corrected chi connectivity index (χ2v) is 7.36. The lowest BCUT2D eigenvalue weighted by molar-refractivity contribution is -0.137. The van der Waals surface area contributed by atoms with Crippen LogP contribution in [0.25, 0.3) is 27.7 Å². The molecule has 1 aromatic heterocycles. The summed E-state index contributed by atoms with van der Waals surface area (Å²) >= 11 is 6.28. The largest absolute Gasteiger partial charge is 0.416 e. The lowest BCUT2D eigenvalue weighted by Crippen LogP contribution is -2.09. The maximum atomic E-state index is 13.2. The van der Waals surface area contributed by atoms with E-state index in [1.807, 2.05) is 42.5 Å². The second kappa shape index (κ2) is 6.52. The van der Waals surface area contributed by atoms with Crippen molar-refractivity contribution in [1.29, 1.82) is 0 Å². The van der Waals surface area contributed by atoms with Crippen LogP contribution in [0, 0.1) is 0 Å². The predicted molar refractivity (Wildman–Crippen MR) is 109 cm³/mol. The maximum Gasteiger partial charge on any atom is 0.416 e. The van der Waals surface area contributed by atoms with Crippen LogP contribution in [0.4, 0.5) is 19.0 Å². The van der Waals surface area contributed by atoms with Gasteiger partial charge in [-0.3, -0.25) is 0 Å². The third-order valence-corrected chi connectivity index (χ3v) is 5.52. The average Bonchev–Trinajstić information content (AvgIpc) is 3.30. The third kappa shape index (κ3) is 2.95. The van der Waals surface area contributed by atoms with E-state index >= 15 is 0 Å².